The third-order valence-electron chi connectivity index (χ3n) is 8.40. The average Bonchev–Trinajstić information content (AvgIpc) is 2.90. The number of aliphatic hydroxyl groups is 1. The zero-order valence-corrected chi connectivity index (χ0v) is 17.5. The van der Waals surface area contributed by atoms with Crippen LogP contribution in [0.15, 0.2) is 23.8 Å². The molecule has 0 aromatic carbocycles. The van der Waals surface area contributed by atoms with E-state index < -0.39 is 40.8 Å². The fraction of sp³-hybridized carbons (Fsp3) is 0.739. The first kappa shape index (κ1) is 20.7. The summed E-state index contributed by atoms with van der Waals surface area (Å²) >= 11 is 0. The van der Waals surface area contributed by atoms with Gasteiger partial charge in [0, 0.05) is 23.2 Å². The van der Waals surface area contributed by atoms with Crippen molar-refractivity contribution >= 4 is 11.8 Å². The highest BCUT2D eigenvalue weighted by atomic mass is 19.1. The lowest BCUT2D eigenvalue weighted by Gasteiger charge is -2.62. The number of allylic oxidation sites excluding steroid dienone is 4. The Balaban J connectivity index is 1.78. The molecule has 160 valence electrons. The van der Waals surface area contributed by atoms with Crippen molar-refractivity contribution in [3.05, 3.63) is 23.8 Å². The van der Waals surface area contributed by atoms with Crippen molar-refractivity contribution in [3.63, 3.8) is 0 Å². The summed E-state index contributed by atoms with van der Waals surface area (Å²) in [6, 6.07) is 0. The van der Waals surface area contributed by atoms with Crippen LogP contribution >= 0.6 is 0 Å². The second-order valence-electron chi connectivity index (χ2n) is 9.92. The van der Waals surface area contributed by atoms with Gasteiger partial charge in [0.05, 0.1) is 6.10 Å². The number of hydrogen-bond donors (Lipinski definition) is 1. The van der Waals surface area contributed by atoms with Crippen LogP contribution in [0.5, 0.6) is 0 Å². The quantitative estimate of drug-likeness (QED) is 0.705. The molecule has 4 rings (SSSR count). The van der Waals surface area contributed by atoms with Gasteiger partial charge in [-0.1, -0.05) is 26.8 Å². The SMILES string of the molecule is CCC(=O)O[C@@H]1[C@@H](C)C[C@H]2[C@@H]3C[C@H](F)C4=CC(=O)C=C[C@]4(C)[C@@]3(F)[C@@H](O)C[C@]12C. The van der Waals surface area contributed by atoms with Gasteiger partial charge in [0.25, 0.3) is 0 Å². The predicted octanol–water partition coefficient (Wildman–Crippen LogP) is 3.87. The molecule has 29 heavy (non-hydrogen) atoms. The number of rotatable bonds is 2. The van der Waals surface area contributed by atoms with Gasteiger partial charge >= 0.3 is 5.97 Å². The Labute approximate surface area is 170 Å². The van der Waals surface area contributed by atoms with Gasteiger partial charge in [0.1, 0.15) is 12.3 Å². The van der Waals surface area contributed by atoms with E-state index in [0.717, 1.165) is 0 Å². The molecule has 0 unspecified atom stereocenters. The number of carbonyl (C=O) groups is 2. The maximum absolute atomic E-state index is 16.9. The Morgan fingerprint density at radius 3 is 2.66 bits per heavy atom. The molecule has 4 nitrogen and oxygen atoms in total. The molecule has 9 atom stereocenters. The van der Waals surface area contributed by atoms with E-state index in [1.807, 2.05) is 13.8 Å². The van der Waals surface area contributed by atoms with Gasteiger partial charge in [-0.25, -0.2) is 8.78 Å². The van der Waals surface area contributed by atoms with E-state index >= 15 is 8.78 Å². The summed E-state index contributed by atoms with van der Waals surface area (Å²) in [6.07, 6.45) is 1.65. The van der Waals surface area contributed by atoms with Crippen molar-refractivity contribution in [3.8, 4) is 0 Å². The first-order valence-electron chi connectivity index (χ1n) is 10.6. The molecule has 0 heterocycles. The molecule has 0 bridgehead atoms. The summed E-state index contributed by atoms with van der Waals surface area (Å²) in [6.45, 7) is 7.24. The first-order chi connectivity index (χ1) is 13.5. The van der Waals surface area contributed by atoms with Gasteiger partial charge in [0.15, 0.2) is 11.5 Å². The molecule has 4 aliphatic carbocycles. The van der Waals surface area contributed by atoms with E-state index in [-0.39, 0.29) is 48.4 Å². The largest absolute Gasteiger partial charge is 0.461 e. The molecular weight excluding hydrogens is 378 g/mol. The molecule has 4 aliphatic rings. The Bertz CT molecular complexity index is 807. The van der Waals surface area contributed by atoms with Crippen LogP contribution in [0.2, 0.25) is 0 Å². The predicted molar refractivity (Wildman–Crippen MR) is 103 cm³/mol. The fourth-order valence-corrected chi connectivity index (χ4v) is 7.00. The van der Waals surface area contributed by atoms with Crippen molar-refractivity contribution in [2.24, 2.45) is 28.6 Å². The molecule has 0 amide bonds. The smallest absolute Gasteiger partial charge is 0.305 e. The van der Waals surface area contributed by atoms with Crippen LogP contribution < -0.4 is 0 Å². The first-order valence-corrected chi connectivity index (χ1v) is 10.6. The number of alkyl halides is 2. The monoisotopic (exact) mass is 408 g/mol. The molecule has 0 saturated heterocycles. The van der Waals surface area contributed by atoms with Gasteiger partial charge in [-0.05, 0) is 55.7 Å². The molecule has 0 spiro atoms. The molecule has 3 fully saturated rings. The molecule has 0 aliphatic heterocycles. The number of ketones is 1. The number of carbonyl (C=O) groups excluding carboxylic acids is 2. The molecule has 3 saturated carbocycles. The summed E-state index contributed by atoms with van der Waals surface area (Å²) in [5.41, 5.74) is -3.93. The van der Waals surface area contributed by atoms with Gasteiger partial charge in [-0.2, -0.15) is 0 Å². The van der Waals surface area contributed by atoms with E-state index in [2.05, 4.69) is 0 Å². The van der Waals surface area contributed by atoms with Gasteiger partial charge in [-0.3, -0.25) is 9.59 Å². The van der Waals surface area contributed by atoms with E-state index in [0.29, 0.717) is 6.42 Å². The fourth-order valence-electron chi connectivity index (χ4n) is 7.00. The number of ether oxygens (including phenoxy) is 1. The maximum Gasteiger partial charge on any atom is 0.305 e. The lowest BCUT2D eigenvalue weighted by molar-refractivity contribution is -0.212. The van der Waals surface area contributed by atoms with Crippen LogP contribution in [0.25, 0.3) is 0 Å². The number of fused-ring (bicyclic) bond motifs is 5. The van der Waals surface area contributed by atoms with Gasteiger partial charge in [-0.15, -0.1) is 0 Å². The van der Waals surface area contributed by atoms with Crippen molar-refractivity contribution < 1.29 is 28.2 Å². The minimum atomic E-state index is -2.08. The maximum atomic E-state index is 16.9. The topological polar surface area (TPSA) is 63.6 Å². The van der Waals surface area contributed by atoms with Crippen LogP contribution in [0.1, 0.15) is 53.4 Å². The summed E-state index contributed by atoms with van der Waals surface area (Å²) in [4.78, 5) is 23.9. The van der Waals surface area contributed by atoms with E-state index in [1.165, 1.54) is 18.2 Å². The number of hydrogen-bond acceptors (Lipinski definition) is 4. The lowest BCUT2D eigenvalue weighted by atomic mass is 9.45. The Kier molecular flexibility index (Phi) is 4.62. The zero-order valence-electron chi connectivity index (χ0n) is 17.5. The third kappa shape index (κ3) is 2.57. The Morgan fingerprint density at radius 1 is 1.31 bits per heavy atom. The summed E-state index contributed by atoms with van der Waals surface area (Å²) in [5.74, 6) is -1.60. The van der Waals surface area contributed by atoms with Crippen molar-refractivity contribution in [2.75, 3.05) is 0 Å². The lowest BCUT2D eigenvalue weighted by Crippen LogP contribution is -2.68. The zero-order chi connectivity index (χ0) is 21.4. The number of aliphatic hydroxyl groups excluding tert-OH is 1. The average molecular weight is 408 g/mol. The number of halogens is 2. The van der Waals surface area contributed by atoms with Gasteiger partial charge < -0.3 is 9.84 Å². The van der Waals surface area contributed by atoms with Crippen molar-refractivity contribution in [2.45, 2.75) is 77.4 Å². The van der Waals surface area contributed by atoms with E-state index in [9.17, 15) is 14.7 Å². The van der Waals surface area contributed by atoms with Crippen LogP contribution in [-0.2, 0) is 14.3 Å². The third-order valence-corrected chi connectivity index (χ3v) is 8.40. The molecule has 6 heteroatoms. The standard InChI is InChI=1S/C23H30F2O4/c1-5-19(28)29-20-12(2)8-14-15-10-17(24)16-9-13(26)6-7-22(16,4)23(15,25)18(27)11-21(14,20)3/h6-7,9,12,14-15,17-18,20,27H,5,8,10-11H2,1-4H3/t12-,14-,15-,17-,18-,20+,21-,22-,23-/m0/s1. The summed E-state index contributed by atoms with van der Waals surface area (Å²) in [5, 5.41) is 11.1. The second kappa shape index (κ2) is 6.47. The highest BCUT2D eigenvalue weighted by Gasteiger charge is 2.73. The van der Waals surface area contributed by atoms with Crippen molar-refractivity contribution in [1.82, 2.24) is 0 Å². The van der Waals surface area contributed by atoms with E-state index in [4.69, 9.17) is 4.74 Å². The molecule has 1 N–H and O–H groups in total. The molecule has 0 aromatic rings. The molecule has 0 radical (unpaired) electrons. The highest BCUT2D eigenvalue weighted by Crippen LogP contribution is 2.69. The normalized spacial score (nSPS) is 51.0. The summed E-state index contributed by atoms with van der Waals surface area (Å²) < 4.78 is 37.9. The minimum absolute atomic E-state index is 0.00123. The Morgan fingerprint density at radius 2 is 2.00 bits per heavy atom. The Hall–Kier alpha value is -1.56. The van der Waals surface area contributed by atoms with E-state index in [1.54, 1.807) is 13.8 Å². The van der Waals surface area contributed by atoms with Crippen LogP contribution in [0, 0.1) is 28.6 Å². The second-order valence-corrected chi connectivity index (χ2v) is 9.92. The van der Waals surface area contributed by atoms with Gasteiger partial charge in [0.2, 0.25) is 0 Å². The molecule has 0 aromatic heterocycles. The summed E-state index contributed by atoms with van der Waals surface area (Å²) in [7, 11) is 0. The van der Waals surface area contributed by atoms with Crippen LogP contribution in [0.3, 0.4) is 0 Å². The van der Waals surface area contributed by atoms with Crippen molar-refractivity contribution in [1.29, 1.82) is 0 Å². The molecular formula is C23H30F2O4. The highest BCUT2D eigenvalue weighted by molar-refractivity contribution is 6.01. The minimum Gasteiger partial charge on any atom is -0.461 e. The van der Waals surface area contributed by atoms with Crippen LogP contribution in [0.4, 0.5) is 8.78 Å². The number of esters is 1. The van der Waals surface area contributed by atoms with Crippen LogP contribution in [-0.4, -0.2) is 40.9 Å².